The number of aromatic nitrogens is 4. The topological polar surface area (TPSA) is 142 Å². The number of nitrogens with zero attached hydrogens (tertiary/aromatic N) is 4. The van der Waals surface area contributed by atoms with Crippen LogP contribution < -0.4 is 16.4 Å². The number of amides is 2. The number of aromatic amines is 1. The number of primary amides is 1. The highest BCUT2D eigenvalue weighted by Crippen LogP contribution is 2.26. The zero-order chi connectivity index (χ0) is 22.0. The molecule has 0 aliphatic carbocycles. The number of likely N-dealkylation sites (tertiary alicyclic amines) is 1. The Labute approximate surface area is 183 Å². The van der Waals surface area contributed by atoms with Crippen LogP contribution in [0, 0.1) is 6.92 Å². The molecule has 2 amide bonds. The Hall–Kier alpha value is -3.66. The molecule has 1 atom stereocenters. The second-order valence-corrected chi connectivity index (χ2v) is 7.64. The van der Waals surface area contributed by atoms with Crippen molar-refractivity contribution in [3.05, 3.63) is 52.9 Å². The molecule has 11 heteroatoms. The molecule has 2 aromatic heterocycles. The Balaban J connectivity index is 1.68. The van der Waals surface area contributed by atoms with Crippen LogP contribution in [0.5, 0.6) is 0 Å². The molecular weight excluding hydrogens is 420 g/mol. The standard InChI is InChI=1S/C20H21ClN8O2/c1-11-9-15(28-27-11)25-16-10-23-17(20(31)29-8-2-3-14(29)18(22)30)19(26-16)24-13-6-4-12(21)5-7-13/h4-7,9-10,14H,2-3,8H2,1H3,(H2,22,30)(H3,24,25,26,27,28). The Morgan fingerprint density at radius 2 is 2.00 bits per heavy atom. The monoisotopic (exact) mass is 440 g/mol. The van der Waals surface area contributed by atoms with E-state index in [0.717, 1.165) is 5.69 Å². The van der Waals surface area contributed by atoms with Gasteiger partial charge in [-0.05, 0) is 44.0 Å². The molecule has 0 radical (unpaired) electrons. The van der Waals surface area contributed by atoms with Crippen LogP contribution in [0.4, 0.5) is 23.1 Å². The summed E-state index contributed by atoms with van der Waals surface area (Å²) in [4.78, 5) is 35.3. The van der Waals surface area contributed by atoms with E-state index in [9.17, 15) is 9.59 Å². The van der Waals surface area contributed by atoms with Gasteiger partial charge in [0.05, 0.1) is 6.20 Å². The van der Waals surface area contributed by atoms with Crippen molar-refractivity contribution in [2.75, 3.05) is 17.2 Å². The number of carbonyl (C=O) groups is 2. The van der Waals surface area contributed by atoms with E-state index in [2.05, 4.69) is 30.8 Å². The SMILES string of the molecule is Cc1cc(Nc2cnc(C(=O)N3CCCC3C(N)=O)c(Nc3ccc(Cl)cc3)n2)n[nH]1. The normalized spacial score (nSPS) is 15.7. The number of hydrogen-bond donors (Lipinski definition) is 4. The van der Waals surface area contributed by atoms with Crippen molar-refractivity contribution in [3.63, 3.8) is 0 Å². The summed E-state index contributed by atoms with van der Waals surface area (Å²) >= 11 is 5.97. The first-order valence-electron chi connectivity index (χ1n) is 9.69. The lowest BCUT2D eigenvalue weighted by atomic mass is 10.2. The average Bonchev–Trinajstić information content (AvgIpc) is 3.39. The quantitative estimate of drug-likeness (QED) is 0.461. The van der Waals surface area contributed by atoms with Crippen LogP contribution >= 0.6 is 11.6 Å². The van der Waals surface area contributed by atoms with E-state index in [-0.39, 0.29) is 11.5 Å². The summed E-state index contributed by atoms with van der Waals surface area (Å²) in [6.45, 7) is 2.31. The summed E-state index contributed by atoms with van der Waals surface area (Å²) in [5.74, 6) is 0.259. The fraction of sp³-hybridized carbons (Fsp3) is 0.250. The highest BCUT2D eigenvalue weighted by atomic mass is 35.5. The van der Waals surface area contributed by atoms with Crippen molar-refractivity contribution in [1.29, 1.82) is 0 Å². The molecule has 1 fully saturated rings. The van der Waals surface area contributed by atoms with Gasteiger partial charge in [0.2, 0.25) is 5.91 Å². The molecule has 3 heterocycles. The first-order chi connectivity index (χ1) is 14.9. The number of nitrogens with two attached hydrogens (primary N) is 1. The Kier molecular flexibility index (Phi) is 5.72. The number of nitrogens with one attached hydrogen (secondary N) is 3. The summed E-state index contributed by atoms with van der Waals surface area (Å²) in [5, 5.41) is 13.7. The van der Waals surface area contributed by atoms with Crippen molar-refractivity contribution in [2.45, 2.75) is 25.8 Å². The van der Waals surface area contributed by atoms with Gasteiger partial charge in [-0.1, -0.05) is 11.6 Å². The largest absolute Gasteiger partial charge is 0.368 e. The molecule has 1 saturated heterocycles. The third kappa shape index (κ3) is 4.58. The van der Waals surface area contributed by atoms with E-state index in [1.165, 1.54) is 11.1 Å². The molecule has 5 N–H and O–H groups in total. The van der Waals surface area contributed by atoms with Crippen LogP contribution in [0.25, 0.3) is 0 Å². The molecule has 1 aromatic carbocycles. The van der Waals surface area contributed by atoms with Gasteiger partial charge in [0.1, 0.15) is 6.04 Å². The van der Waals surface area contributed by atoms with Crippen molar-refractivity contribution in [2.24, 2.45) is 5.73 Å². The molecule has 1 aliphatic rings. The summed E-state index contributed by atoms with van der Waals surface area (Å²) in [7, 11) is 0. The smallest absolute Gasteiger partial charge is 0.276 e. The molecule has 0 saturated carbocycles. The number of halogens is 1. The Morgan fingerprint density at radius 3 is 2.68 bits per heavy atom. The van der Waals surface area contributed by atoms with Gasteiger partial charge in [0.25, 0.3) is 5.91 Å². The maximum Gasteiger partial charge on any atom is 0.276 e. The lowest BCUT2D eigenvalue weighted by Crippen LogP contribution is -2.44. The molecule has 10 nitrogen and oxygen atoms in total. The third-order valence-corrected chi connectivity index (χ3v) is 5.14. The van der Waals surface area contributed by atoms with Crippen LogP contribution in [-0.2, 0) is 4.79 Å². The minimum Gasteiger partial charge on any atom is -0.368 e. The molecule has 0 spiro atoms. The molecular formula is C20H21ClN8O2. The van der Waals surface area contributed by atoms with Gasteiger partial charge < -0.3 is 21.3 Å². The zero-order valence-electron chi connectivity index (χ0n) is 16.7. The minimum atomic E-state index is -0.650. The number of rotatable bonds is 6. The maximum atomic E-state index is 13.2. The molecule has 1 unspecified atom stereocenters. The summed E-state index contributed by atoms with van der Waals surface area (Å²) in [6.07, 6.45) is 2.68. The highest BCUT2D eigenvalue weighted by Gasteiger charge is 2.35. The number of benzene rings is 1. The van der Waals surface area contributed by atoms with Gasteiger partial charge in [-0.25, -0.2) is 9.97 Å². The van der Waals surface area contributed by atoms with Crippen molar-refractivity contribution in [3.8, 4) is 0 Å². The van der Waals surface area contributed by atoms with Crippen molar-refractivity contribution in [1.82, 2.24) is 25.1 Å². The molecule has 4 rings (SSSR count). The number of anilines is 4. The van der Waals surface area contributed by atoms with Crippen LogP contribution in [0.3, 0.4) is 0 Å². The Bertz CT molecular complexity index is 1110. The first kappa shape index (κ1) is 20.6. The highest BCUT2D eigenvalue weighted by molar-refractivity contribution is 6.30. The number of hydrogen-bond acceptors (Lipinski definition) is 7. The molecule has 3 aromatic rings. The van der Waals surface area contributed by atoms with Crippen molar-refractivity contribution >= 4 is 46.6 Å². The van der Waals surface area contributed by atoms with Crippen LogP contribution in [-0.4, -0.2) is 49.5 Å². The van der Waals surface area contributed by atoms with Crippen molar-refractivity contribution < 1.29 is 9.59 Å². The third-order valence-electron chi connectivity index (χ3n) is 4.89. The number of carbonyl (C=O) groups excluding carboxylic acids is 2. The molecule has 1 aliphatic heterocycles. The fourth-order valence-corrected chi connectivity index (χ4v) is 3.54. The van der Waals surface area contributed by atoms with E-state index in [1.807, 2.05) is 13.0 Å². The lowest BCUT2D eigenvalue weighted by Gasteiger charge is -2.23. The molecule has 0 bridgehead atoms. The summed E-state index contributed by atoms with van der Waals surface area (Å²) in [6, 6.07) is 8.13. The van der Waals surface area contributed by atoms with E-state index in [1.54, 1.807) is 24.3 Å². The fourth-order valence-electron chi connectivity index (χ4n) is 3.42. The first-order valence-corrected chi connectivity index (χ1v) is 10.1. The van der Waals surface area contributed by atoms with Crippen LogP contribution in [0.1, 0.15) is 29.0 Å². The van der Waals surface area contributed by atoms with E-state index in [4.69, 9.17) is 17.3 Å². The van der Waals surface area contributed by atoms with Gasteiger partial charge in [0, 0.05) is 29.0 Å². The van der Waals surface area contributed by atoms with Gasteiger partial charge in [-0.3, -0.25) is 14.7 Å². The van der Waals surface area contributed by atoms with E-state index >= 15 is 0 Å². The molecule has 160 valence electrons. The van der Waals surface area contributed by atoms with Gasteiger partial charge in [0.15, 0.2) is 23.1 Å². The number of H-pyrrole nitrogens is 1. The maximum absolute atomic E-state index is 13.2. The van der Waals surface area contributed by atoms with Gasteiger partial charge >= 0.3 is 0 Å². The average molecular weight is 441 g/mol. The summed E-state index contributed by atoms with van der Waals surface area (Å²) < 4.78 is 0. The van der Waals surface area contributed by atoms with E-state index < -0.39 is 17.9 Å². The zero-order valence-corrected chi connectivity index (χ0v) is 17.5. The van der Waals surface area contributed by atoms with Crippen LogP contribution in [0.2, 0.25) is 5.02 Å². The van der Waals surface area contributed by atoms with E-state index in [0.29, 0.717) is 41.7 Å². The van der Waals surface area contributed by atoms with Gasteiger partial charge in [-0.2, -0.15) is 5.10 Å². The predicted molar refractivity (Wildman–Crippen MR) is 117 cm³/mol. The summed E-state index contributed by atoms with van der Waals surface area (Å²) in [5.41, 5.74) is 7.12. The predicted octanol–water partition coefficient (Wildman–Crippen LogP) is 2.74. The van der Waals surface area contributed by atoms with Crippen LogP contribution in [0.15, 0.2) is 36.5 Å². The Morgan fingerprint density at radius 1 is 1.23 bits per heavy atom. The minimum absolute atomic E-state index is 0.0897. The second kappa shape index (κ2) is 8.60. The number of aryl methyl sites for hydroxylation is 1. The second-order valence-electron chi connectivity index (χ2n) is 7.20. The van der Waals surface area contributed by atoms with Gasteiger partial charge in [-0.15, -0.1) is 0 Å². The lowest BCUT2D eigenvalue weighted by molar-refractivity contribution is -0.121. The molecule has 31 heavy (non-hydrogen) atoms.